The first-order chi connectivity index (χ1) is 11.6. The summed E-state index contributed by atoms with van der Waals surface area (Å²) in [6, 6.07) is 3.84. The smallest absolute Gasteiger partial charge is 0.274 e. The zero-order valence-electron chi connectivity index (χ0n) is 14.0. The van der Waals surface area contributed by atoms with Crippen molar-refractivity contribution < 1.29 is 14.1 Å². The standard InChI is InChI=1S/C17H22N4O3/c1-10-5-13(24-20-10)6-12-8-21(9-16(12)23-2)17(22)15-7-14(18-19-15)11-3-4-11/h5,7,11-12,16H,3-4,6,8-9H2,1-2H3,(H,18,19). The average molecular weight is 330 g/mol. The normalized spacial score (nSPS) is 23.8. The second-order valence-corrected chi connectivity index (χ2v) is 6.87. The van der Waals surface area contributed by atoms with Gasteiger partial charge in [0.05, 0.1) is 11.8 Å². The summed E-state index contributed by atoms with van der Waals surface area (Å²) in [6.07, 6.45) is 3.09. The van der Waals surface area contributed by atoms with Crippen molar-refractivity contribution in [2.24, 2.45) is 5.92 Å². The molecule has 0 spiro atoms. The minimum absolute atomic E-state index is 0.00111. The summed E-state index contributed by atoms with van der Waals surface area (Å²) in [5, 5.41) is 11.1. The van der Waals surface area contributed by atoms with E-state index in [1.54, 1.807) is 7.11 Å². The molecule has 1 saturated carbocycles. The Morgan fingerprint density at radius 3 is 2.92 bits per heavy atom. The van der Waals surface area contributed by atoms with Crippen LogP contribution in [-0.2, 0) is 11.2 Å². The molecule has 0 radical (unpaired) electrons. The third kappa shape index (κ3) is 2.96. The fraction of sp³-hybridized carbons (Fsp3) is 0.588. The van der Waals surface area contributed by atoms with E-state index in [4.69, 9.17) is 9.26 Å². The lowest BCUT2D eigenvalue weighted by atomic mass is 10.0. The fourth-order valence-corrected chi connectivity index (χ4v) is 3.45. The molecule has 2 unspecified atom stereocenters. The Balaban J connectivity index is 1.44. The highest BCUT2D eigenvalue weighted by Crippen LogP contribution is 2.39. The van der Waals surface area contributed by atoms with Gasteiger partial charge >= 0.3 is 0 Å². The average Bonchev–Trinajstić information content (AvgIpc) is 2.99. The number of carbonyl (C=O) groups is 1. The monoisotopic (exact) mass is 330 g/mol. The number of nitrogens with zero attached hydrogens (tertiary/aromatic N) is 3. The number of aromatic nitrogens is 3. The molecule has 1 N–H and O–H groups in total. The highest BCUT2D eigenvalue weighted by molar-refractivity contribution is 5.92. The van der Waals surface area contributed by atoms with Crippen molar-refractivity contribution in [3.63, 3.8) is 0 Å². The van der Waals surface area contributed by atoms with Crippen LogP contribution in [0.2, 0.25) is 0 Å². The summed E-state index contributed by atoms with van der Waals surface area (Å²) in [5.41, 5.74) is 2.45. The van der Waals surface area contributed by atoms with Crippen LogP contribution < -0.4 is 0 Å². The summed E-state index contributed by atoms with van der Waals surface area (Å²) in [6.45, 7) is 3.13. The molecule has 7 nitrogen and oxygen atoms in total. The fourth-order valence-electron chi connectivity index (χ4n) is 3.45. The van der Waals surface area contributed by atoms with Crippen molar-refractivity contribution in [3.8, 4) is 0 Å². The largest absolute Gasteiger partial charge is 0.379 e. The van der Waals surface area contributed by atoms with E-state index in [0.29, 0.717) is 24.7 Å². The van der Waals surface area contributed by atoms with Crippen molar-refractivity contribution in [2.75, 3.05) is 20.2 Å². The number of carbonyl (C=O) groups excluding carboxylic acids is 1. The molecule has 7 heteroatoms. The zero-order valence-corrected chi connectivity index (χ0v) is 14.0. The summed E-state index contributed by atoms with van der Waals surface area (Å²) in [7, 11) is 1.69. The maximum atomic E-state index is 12.7. The second kappa shape index (κ2) is 6.05. The maximum absolute atomic E-state index is 12.7. The third-order valence-electron chi connectivity index (χ3n) is 4.95. The van der Waals surface area contributed by atoms with E-state index < -0.39 is 0 Å². The molecule has 2 atom stereocenters. The van der Waals surface area contributed by atoms with Gasteiger partial charge in [-0.1, -0.05) is 5.16 Å². The molecule has 2 aromatic heterocycles. The number of methoxy groups -OCH3 is 1. The highest BCUT2D eigenvalue weighted by atomic mass is 16.5. The topological polar surface area (TPSA) is 84.2 Å². The molecule has 24 heavy (non-hydrogen) atoms. The van der Waals surface area contributed by atoms with Crippen LogP contribution in [-0.4, -0.2) is 52.5 Å². The maximum Gasteiger partial charge on any atom is 0.274 e. The van der Waals surface area contributed by atoms with Crippen molar-refractivity contribution in [1.82, 2.24) is 20.3 Å². The Labute approximate surface area is 140 Å². The summed E-state index contributed by atoms with van der Waals surface area (Å²) >= 11 is 0. The van der Waals surface area contributed by atoms with Crippen LogP contribution in [0.1, 0.15) is 46.4 Å². The molecule has 1 aliphatic carbocycles. The quantitative estimate of drug-likeness (QED) is 0.905. The minimum Gasteiger partial charge on any atom is -0.379 e. The van der Waals surface area contributed by atoms with Gasteiger partial charge in [0.2, 0.25) is 0 Å². The number of aryl methyl sites for hydroxylation is 1. The van der Waals surface area contributed by atoms with Crippen LogP contribution in [0.5, 0.6) is 0 Å². The number of hydrogen-bond acceptors (Lipinski definition) is 5. The Bertz CT molecular complexity index is 734. The Morgan fingerprint density at radius 2 is 2.25 bits per heavy atom. The lowest BCUT2D eigenvalue weighted by Crippen LogP contribution is -2.30. The molecule has 2 aromatic rings. The Hall–Kier alpha value is -2.15. The van der Waals surface area contributed by atoms with Crippen LogP contribution in [0.4, 0.5) is 0 Å². The zero-order chi connectivity index (χ0) is 16.7. The predicted molar refractivity (Wildman–Crippen MR) is 85.7 cm³/mol. The van der Waals surface area contributed by atoms with Gasteiger partial charge in [-0.3, -0.25) is 9.89 Å². The van der Waals surface area contributed by atoms with E-state index in [1.807, 2.05) is 24.0 Å². The number of rotatable bonds is 5. The first-order valence-corrected chi connectivity index (χ1v) is 8.43. The van der Waals surface area contributed by atoms with Crippen LogP contribution in [0.15, 0.2) is 16.7 Å². The lowest BCUT2D eigenvalue weighted by molar-refractivity contribution is 0.0669. The summed E-state index contributed by atoms with van der Waals surface area (Å²) < 4.78 is 10.9. The molecular weight excluding hydrogens is 308 g/mol. The molecule has 1 aliphatic heterocycles. The Morgan fingerprint density at radius 1 is 1.42 bits per heavy atom. The predicted octanol–water partition coefficient (Wildman–Crippen LogP) is 1.91. The van der Waals surface area contributed by atoms with Gasteiger partial charge in [-0.15, -0.1) is 0 Å². The van der Waals surface area contributed by atoms with E-state index in [2.05, 4.69) is 15.4 Å². The number of H-pyrrole nitrogens is 1. The van der Waals surface area contributed by atoms with Gasteiger partial charge < -0.3 is 14.2 Å². The van der Waals surface area contributed by atoms with Crippen LogP contribution in [0.25, 0.3) is 0 Å². The van der Waals surface area contributed by atoms with Gasteiger partial charge in [0.15, 0.2) is 0 Å². The highest BCUT2D eigenvalue weighted by Gasteiger charge is 2.37. The molecule has 1 saturated heterocycles. The number of likely N-dealkylation sites (tertiary alicyclic amines) is 1. The van der Waals surface area contributed by atoms with Gasteiger partial charge in [0, 0.05) is 50.2 Å². The molecular formula is C17H22N4O3. The second-order valence-electron chi connectivity index (χ2n) is 6.87. The molecule has 2 aliphatic rings. The van der Waals surface area contributed by atoms with Crippen molar-refractivity contribution >= 4 is 5.91 Å². The van der Waals surface area contributed by atoms with Gasteiger partial charge in [-0.2, -0.15) is 5.10 Å². The number of hydrogen-bond donors (Lipinski definition) is 1. The van der Waals surface area contributed by atoms with Crippen LogP contribution in [0, 0.1) is 12.8 Å². The number of amides is 1. The summed E-state index contributed by atoms with van der Waals surface area (Å²) in [4.78, 5) is 14.5. The number of ether oxygens (including phenoxy) is 1. The molecule has 0 aromatic carbocycles. The van der Waals surface area contributed by atoms with Crippen molar-refractivity contribution in [3.05, 3.63) is 35.0 Å². The van der Waals surface area contributed by atoms with Crippen LogP contribution in [0.3, 0.4) is 0 Å². The number of nitrogens with one attached hydrogen (secondary N) is 1. The molecule has 0 bridgehead atoms. The van der Waals surface area contributed by atoms with E-state index in [-0.39, 0.29) is 17.9 Å². The van der Waals surface area contributed by atoms with Gasteiger partial charge in [0.1, 0.15) is 11.5 Å². The van der Waals surface area contributed by atoms with Gasteiger partial charge in [-0.05, 0) is 25.8 Å². The van der Waals surface area contributed by atoms with Crippen molar-refractivity contribution in [2.45, 2.75) is 38.2 Å². The molecule has 3 heterocycles. The van der Waals surface area contributed by atoms with E-state index in [1.165, 1.54) is 12.8 Å². The molecule has 4 rings (SSSR count). The van der Waals surface area contributed by atoms with E-state index in [0.717, 1.165) is 23.6 Å². The van der Waals surface area contributed by atoms with E-state index >= 15 is 0 Å². The summed E-state index contributed by atoms with van der Waals surface area (Å²) in [5.74, 6) is 1.57. The first-order valence-electron chi connectivity index (χ1n) is 8.43. The third-order valence-corrected chi connectivity index (χ3v) is 4.95. The minimum atomic E-state index is -0.0311. The molecule has 2 fully saturated rings. The SMILES string of the molecule is COC1CN(C(=O)c2cc(C3CC3)[nH]n2)CC1Cc1cc(C)no1. The Kier molecular flexibility index (Phi) is 3.88. The van der Waals surface area contributed by atoms with Crippen molar-refractivity contribution in [1.29, 1.82) is 0 Å². The molecule has 128 valence electrons. The molecule has 1 amide bonds. The van der Waals surface area contributed by atoms with Gasteiger partial charge in [0.25, 0.3) is 5.91 Å². The first kappa shape index (κ1) is 15.4. The van der Waals surface area contributed by atoms with Gasteiger partial charge in [-0.25, -0.2) is 0 Å². The number of aromatic amines is 1. The lowest BCUT2D eigenvalue weighted by Gasteiger charge is -2.14. The van der Waals surface area contributed by atoms with Crippen LogP contribution >= 0.6 is 0 Å². The van der Waals surface area contributed by atoms with E-state index in [9.17, 15) is 4.79 Å².